The molecule has 150 valence electrons. The van der Waals surface area contributed by atoms with Crippen molar-refractivity contribution in [1.29, 1.82) is 0 Å². The molecule has 0 aliphatic rings. The molecule has 2 unspecified atom stereocenters. The number of hydrogen-bond donors (Lipinski definition) is 0. The van der Waals surface area contributed by atoms with E-state index in [0.29, 0.717) is 6.42 Å². The van der Waals surface area contributed by atoms with Gasteiger partial charge >= 0.3 is 0 Å². The first kappa shape index (κ1) is 20.7. The summed E-state index contributed by atoms with van der Waals surface area (Å²) in [6.07, 6.45) is 4.06. The first-order valence-corrected chi connectivity index (χ1v) is 10.3. The summed E-state index contributed by atoms with van der Waals surface area (Å²) in [6.45, 7) is 8.43. The topological polar surface area (TPSA) is 45.6 Å². The molecule has 0 radical (unpaired) electrons. The maximum absolute atomic E-state index is 11.7. The highest BCUT2D eigenvalue weighted by Gasteiger charge is 2.23. The second-order valence-electron chi connectivity index (χ2n) is 7.31. The third-order valence-corrected chi connectivity index (χ3v) is 5.67. The van der Waals surface area contributed by atoms with Gasteiger partial charge in [-0.2, -0.15) is 4.91 Å². The average Bonchev–Trinajstić information content (AvgIpc) is 2.77. The Morgan fingerprint density at radius 3 is 2.14 bits per heavy atom. The zero-order chi connectivity index (χ0) is 20.6. The van der Waals surface area contributed by atoms with Crippen LogP contribution in [0.25, 0.3) is 0 Å². The van der Waals surface area contributed by atoms with Crippen molar-refractivity contribution in [3.8, 4) is 0 Å². The van der Waals surface area contributed by atoms with Crippen LogP contribution in [0.1, 0.15) is 54.5 Å². The van der Waals surface area contributed by atoms with Gasteiger partial charge in [-0.05, 0) is 73.7 Å². The molecule has 0 saturated carbocycles. The summed E-state index contributed by atoms with van der Waals surface area (Å²) in [5.74, 6) is 0.0952. The van der Waals surface area contributed by atoms with Crippen LogP contribution in [0.5, 0.6) is 0 Å². The van der Waals surface area contributed by atoms with Gasteiger partial charge in [0.05, 0.1) is 0 Å². The third-order valence-electron chi connectivity index (χ3n) is 5.67. The van der Waals surface area contributed by atoms with Gasteiger partial charge in [-0.1, -0.05) is 41.6 Å². The zero-order valence-corrected chi connectivity index (χ0v) is 17.5. The third kappa shape index (κ3) is 4.89. The molecule has 2 atom stereocenters. The second kappa shape index (κ2) is 9.97. The lowest BCUT2D eigenvalue weighted by atomic mass is 9.82. The van der Waals surface area contributed by atoms with Crippen molar-refractivity contribution in [2.24, 2.45) is 5.18 Å². The van der Waals surface area contributed by atoms with Gasteiger partial charge in [-0.25, -0.2) is 0 Å². The van der Waals surface area contributed by atoms with Gasteiger partial charge in [0.1, 0.15) is 6.04 Å². The first-order valence-electron chi connectivity index (χ1n) is 10.3. The van der Waals surface area contributed by atoms with E-state index in [-0.39, 0.29) is 5.92 Å². The standard InChI is InChI=1S/C25H29N3O/c1-4-28(5-2)22-12-10-20(11-13-22)24(23-9-7-6-8-19(23)3)18-25(27-29)21-14-16-26-17-15-21/h6-17,24-25H,4-5,18H2,1-3H3. The van der Waals surface area contributed by atoms with Crippen LogP contribution in [0.3, 0.4) is 0 Å². The molecule has 4 heteroatoms. The van der Waals surface area contributed by atoms with Crippen LogP contribution in [0, 0.1) is 11.8 Å². The fourth-order valence-electron chi connectivity index (χ4n) is 3.98. The first-order chi connectivity index (χ1) is 14.2. The molecule has 29 heavy (non-hydrogen) atoms. The lowest BCUT2D eigenvalue weighted by Crippen LogP contribution is -2.21. The Morgan fingerprint density at radius 2 is 1.55 bits per heavy atom. The molecular weight excluding hydrogens is 358 g/mol. The second-order valence-corrected chi connectivity index (χ2v) is 7.31. The predicted octanol–water partition coefficient (Wildman–Crippen LogP) is 6.27. The van der Waals surface area contributed by atoms with E-state index in [1.165, 1.54) is 22.4 Å². The minimum Gasteiger partial charge on any atom is -0.372 e. The van der Waals surface area contributed by atoms with Gasteiger partial charge in [0.2, 0.25) is 0 Å². The number of anilines is 1. The lowest BCUT2D eigenvalue weighted by molar-refractivity contribution is 0.592. The number of aryl methyl sites for hydroxylation is 1. The van der Waals surface area contributed by atoms with E-state index in [1.807, 2.05) is 12.1 Å². The van der Waals surface area contributed by atoms with Gasteiger partial charge in [0.25, 0.3) is 0 Å². The summed E-state index contributed by atoms with van der Waals surface area (Å²) in [5.41, 5.74) is 5.81. The van der Waals surface area contributed by atoms with Crippen LogP contribution < -0.4 is 4.90 Å². The molecular formula is C25H29N3O. The molecule has 1 heterocycles. The van der Waals surface area contributed by atoms with Gasteiger partial charge in [0, 0.05) is 37.1 Å². The Bertz CT molecular complexity index is 905. The van der Waals surface area contributed by atoms with Crippen molar-refractivity contribution in [2.75, 3.05) is 18.0 Å². The smallest absolute Gasteiger partial charge is 0.118 e. The SMILES string of the molecule is CCN(CC)c1ccc(C(CC(N=O)c2ccncc2)c2ccccc2C)cc1. The van der Waals surface area contributed by atoms with Gasteiger partial charge in [0.15, 0.2) is 0 Å². The van der Waals surface area contributed by atoms with Crippen molar-refractivity contribution in [3.05, 3.63) is 100 Å². The molecule has 0 saturated heterocycles. The summed E-state index contributed by atoms with van der Waals surface area (Å²) in [7, 11) is 0. The fraction of sp³-hybridized carbons (Fsp3) is 0.320. The number of aromatic nitrogens is 1. The maximum atomic E-state index is 11.7. The van der Waals surface area contributed by atoms with Crippen molar-refractivity contribution in [1.82, 2.24) is 4.98 Å². The van der Waals surface area contributed by atoms with Crippen LogP contribution in [-0.2, 0) is 0 Å². The number of nitrogens with zero attached hydrogens (tertiary/aromatic N) is 3. The Morgan fingerprint density at radius 1 is 0.897 bits per heavy atom. The number of pyridine rings is 1. The van der Waals surface area contributed by atoms with Gasteiger partial charge < -0.3 is 4.90 Å². The molecule has 0 aliphatic carbocycles. The molecule has 3 rings (SSSR count). The summed E-state index contributed by atoms with van der Waals surface area (Å²) < 4.78 is 0. The highest BCUT2D eigenvalue weighted by atomic mass is 16.3. The van der Waals surface area contributed by atoms with Crippen LogP contribution in [-0.4, -0.2) is 18.1 Å². The van der Waals surface area contributed by atoms with Crippen LogP contribution in [0.2, 0.25) is 0 Å². The number of benzene rings is 2. The van der Waals surface area contributed by atoms with E-state index in [4.69, 9.17) is 0 Å². The van der Waals surface area contributed by atoms with Crippen LogP contribution in [0.4, 0.5) is 5.69 Å². The highest BCUT2D eigenvalue weighted by Crippen LogP contribution is 2.37. The molecule has 1 aromatic heterocycles. The maximum Gasteiger partial charge on any atom is 0.118 e. The number of nitroso groups, excluding NO2 is 1. The average molecular weight is 388 g/mol. The van der Waals surface area contributed by atoms with Crippen molar-refractivity contribution in [3.63, 3.8) is 0 Å². The van der Waals surface area contributed by atoms with Crippen LogP contribution >= 0.6 is 0 Å². The Hall–Kier alpha value is -3.01. The predicted molar refractivity (Wildman–Crippen MR) is 120 cm³/mol. The molecule has 0 fully saturated rings. The quantitative estimate of drug-likeness (QED) is 0.407. The summed E-state index contributed by atoms with van der Waals surface area (Å²) in [5, 5.41) is 3.47. The molecule has 3 aromatic rings. The summed E-state index contributed by atoms with van der Waals surface area (Å²) in [6, 6.07) is 20.5. The Labute approximate surface area is 173 Å². The highest BCUT2D eigenvalue weighted by molar-refractivity contribution is 5.49. The van der Waals surface area contributed by atoms with Gasteiger partial charge in [-0.3, -0.25) is 4.98 Å². The van der Waals surface area contributed by atoms with Crippen molar-refractivity contribution < 1.29 is 0 Å². The minimum absolute atomic E-state index is 0.0952. The van der Waals surface area contributed by atoms with Crippen molar-refractivity contribution in [2.45, 2.75) is 39.2 Å². The molecule has 4 nitrogen and oxygen atoms in total. The molecule has 2 aromatic carbocycles. The molecule has 0 bridgehead atoms. The summed E-state index contributed by atoms with van der Waals surface area (Å²) >= 11 is 0. The van der Waals surface area contributed by atoms with E-state index in [1.54, 1.807) is 12.4 Å². The number of rotatable bonds is 9. The Kier molecular flexibility index (Phi) is 7.12. The number of hydrogen-bond acceptors (Lipinski definition) is 4. The molecule has 0 aliphatic heterocycles. The molecule has 0 N–H and O–H groups in total. The van der Waals surface area contributed by atoms with E-state index in [0.717, 1.165) is 18.7 Å². The van der Waals surface area contributed by atoms with E-state index in [2.05, 4.69) is 84.4 Å². The van der Waals surface area contributed by atoms with Crippen molar-refractivity contribution >= 4 is 5.69 Å². The van der Waals surface area contributed by atoms with Gasteiger partial charge in [-0.15, -0.1) is 0 Å². The monoisotopic (exact) mass is 387 g/mol. The lowest BCUT2D eigenvalue weighted by Gasteiger charge is -2.25. The zero-order valence-electron chi connectivity index (χ0n) is 17.5. The molecule has 0 amide bonds. The Balaban J connectivity index is 1.98. The van der Waals surface area contributed by atoms with E-state index in [9.17, 15) is 4.91 Å². The largest absolute Gasteiger partial charge is 0.372 e. The van der Waals surface area contributed by atoms with E-state index >= 15 is 0 Å². The summed E-state index contributed by atoms with van der Waals surface area (Å²) in [4.78, 5) is 18.1. The normalized spacial score (nSPS) is 12.9. The minimum atomic E-state index is -0.412. The van der Waals surface area contributed by atoms with E-state index < -0.39 is 6.04 Å². The fourth-order valence-corrected chi connectivity index (χ4v) is 3.98. The van der Waals surface area contributed by atoms with Crippen LogP contribution in [0.15, 0.2) is 78.2 Å². The molecule has 0 spiro atoms.